The van der Waals surface area contributed by atoms with Crippen molar-refractivity contribution in [2.24, 2.45) is 0 Å². The van der Waals surface area contributed by atoms with Crippen LogP contribution >= 0.6 is 0 Å². The fourth-order valence-electron chi connectivity index (χ4n) is 1.78. The second kappa shape index (κ2) is 4.95. The van der Waals surface area contributed by atoms with E-state index in [1.807, 2.05) is 0 Å². The average Bonchev–Trinajstić information content (AvgIpc) is 2.87. The highest BCUT2D eigenvalue weighted by atomic mass is 19.1. The van der Waals surface area contributed by atoms with E-state index in [9.17, 15) is 18.7 Å². The van der Waals surface area contributed by atoms with Gasteiger partial charge in [0.05, 0.1) is 5.56 Å². The van der Waals surface area contributed by atoms with E-state index in [2.05, 4.69) is 15.5 Å². The molecule has 20 heavy (non-hydrogen) atoms. The lowest BCUT2D eigenvalue weighted by molar-refractivity contribution is -0.147. The van der Waals surface area contributed by atoms with Gasteiger partial charge in [-0.25, -0.2) is 18.3 Å². The average molecular weight is 282 g/mol. The van der Waals surface area contributed by atoms with E-state index >= 15 is 0 Å². The normalized spacial score (nSPS) is 14.0. The van der Waals surface area contributed by atoms with Gasteiger partial charge in [-0.1, -0.05) is 13.0 Å². The molecule has 1 unspecified atom stereocenters. The second-order valence-corrected chi connectivity index (χ2v) is 4.44. The Hall–Kier alpha value is -2.38. The predicted octanol–water partition coefficient (Wildman–Crippen LogP) is 1.83. The molecule has 0 spiro atoms. The smallest absolute Gasteiger partial charge is 0.331 e. The largest absolute Gasteiger partial charge is 0.479 e. The zero-order chi connectivity index (χ0) is 14.9. The maximum absolute atomic E-state index is 13.8. The molecule has 0 aliphatic carbocycles. The zero-order valence-corrected chi connectivity index (χ0v) is 10.8. The van der Waals surface area contributed by atoms with Gasteiger partial charge in [0.15, 0.2) is 11.4 Å². The van der Waals surface area contributed by atoms with E-state index in [1.165, 1.54) is 13.0 Å². The summed E-state index contributed by atoms with van der Waals surface area (Å²) < 4.78 is 28.5. The molecule has 0 bridgehead atoms. The number of carbonyl (C=O) groups is 1. The molecule has 0 fully saturated rings. The molecular weight excluding hydrogens is 270 g/mol. The Bertz CT molecular complexity index is 638. The molecule has 1 aromatic carbocycles. The molecule has 2 aromatic rings. The number of carboxylic acids is 1. The number of benzene rings is 1. The first-order valence-corrected chi connectivity index (χ1v) is 5.88. The number of hydrogen-bond acceptors (Lipinski definition) is 4. The van der Waals surface area contributed by atoms with Crippen LogP contribution in [0.3, 0.4) is 0 Å². The maximum atomic E-state index is 13.8. The molecule has 0 aliphatic heterocycles. The fraction of sp³-hybridized carbons (Fsp3) is 0.333. The van der Waals surface area contributed by atoms with Crippen LogP contribution in [-0.2, 0) is 10.3 Å². The molecule has 1 aromatic heterocycles. The van der Waals surface area contributed by atoms with Gasteiger partial charge >= 0.3 is 5.97 Å². The van der Waals surface area contributed by atoms with Crippen molar-refractivity contribution < 1.29 is 18.7 Å². The summed E-state index contributed by atoms with van der Waals surface area (Å²) in [6.45, 7) is 3.01. The first-order chi connectivity index (χ1) is 9.41. The Balaban J connectivity index is 2.68. The van der Waals surface area contributed by atoms with Gasteiger partial charge in [0.25, 0.3) is 0 Å². The van der Waals surface area contributed by atoms with Crippen LogP contribution < -0.4 is 0 Å². The summed E-state index contributed by atoms with van der Waals surface area (Å²) in [4.78, 5) is 11.4. The molecule has 2 rings (SSSR count). The summed E-state index contributed by atoms with van der Waals surface area (Å²) >= 11 is 0. The van der Waals surface area contributed by atoms with Crippen LogP contribution in [0.25, 0.3) is 11.4 Å². The van der Waals surface area contributed by atoms with Gasteiger partial charge in [-0.3, -0.25) is 0 Å². The van der Waals surface area contributed by atoms with Gasteiger partial charge < -0.3 is 5.11 Å². The summed E-state index contributed by atoms with van der Waals surface area (Å²) in [7, 11) is 0. The minimum atomic E-state index is -1.49. The van der Waals surface area contributed by atoms with E-state index < -0.39 is 28.7 Å². The van der Waals surface area contributed by atoms with Crippen molar-refractivity contribution in [3.63, 3.8) is 0 Å². The SMILES string of the molecule is CCC(C)(C(=O)O)n1nnnc1-c1c(F)cccc1F. The third-order valence-corrected chi connectivity index (χ3v) is 3.27. The molecule has 0 amide bonds. The molecule has 0 saturated carbocycles. The zero-order valence-electron chi connectivity index (χ0n) is 10.8. The van der Waals surface area contributed by atoms with Crippen molar-refractivity contribution in [2.45, 2.75) is 25.8 Å². The molecule has 6 nitrogen and oxygen atoms in total. The first-order valence-electron chi connectivity index (χ1n) is 5.88. The molecule has 0 radical (unpaired) electrons. The number of aromatic nitrogens is 4. The summed E-state index contributed by atoms with van der Waals surface area (Å²) in [5.74, 6) is -3.16. The van der Waals surface area contributed by atoms with E-state index in [1.54, 1.807) is 6.92 Å². The van der Waals surface area contributed by atoms with Crippen molar-refractivity contribution >= 4 is 5.97 Å². The number of aliphatic carboxylic acids is 1. The van der Waals surface area contributed by atoms with Gasteiger partial charge in [-0.15, -0.1) is 5.10 Å². The summed E-state index contributed by atoms with van der Waals surface area (Å²) in [6, 6.07) is 3.32. The molecule has 8 heteroatoms. The third kappa shape index (κ3) is 2.02. The summed E-state index contributed by atoms with van der Waals surface area (Å²) in [6.07, 6.45) is 0.149. The lowest BCUT2D eigenvalue weighted by Crippen LogP contribution is -2.39. The second-order valence-electron chi connectivity index (χ2n) is 4.44. The Kier molecular flexibility index (Phi) is 3.47. The summed E-state index contributed by atoms with van der Waals surface area (Å²) in [5.41, 5.74) is -1.94. The number of tetrazole rings is 1. The molecule has 0 saturated heterocycles. The van der Waals surface area contributed by atoms with Crippen LogP contribution in [0.15, 0.2) is 18.2 Å². The minimum Gasteiger partial charge on any atom is -0.479 e. The standard InChI is InChI=1S/C12H12F2N4O2/c1-3-12(2,11(19)20)18-10(15-16-17-18)9-7(13)5-4-6-8(9)14/h4-6H,3H2,1-2H3,(H,19,20). The van der Waals surface area contributed by atoms with Crippen LogP contribution in [0, 0.1) is 11.6 Å². The van der Waals surface area contributed by atoms with Crippen molar-refractivity contribution in [1.29, 1.82) is 0 Å². The van der Waals surface area contributed by atoms with Crippen molar-refractivity contribution in [3.05, 3.63) is 29.8 Å². The number of carboxylic acid groups (broad SMARTS) is 1. The van der Waals surface area contributed by atoms with E-state index in [0.717, 1.165) is 16.8 Å². The van der Waals surface area contributed by atoms with Crippen LogP contribution in [-0.4, -0.2) is 31.3 Å². The molecular formula is C12H12F2N4O2. The van der Waals surface area contributed by atoms with Gasteiger partial charge in [-0.2, -0.15) is 0 Å². The molecule has 1 N–H and O–H groups in total. The molecule has 1 atom stereocenters. The predicted molar refractivity (Wildman–Crippen MR) is 64.7 cm³/mol. The highest BCUT2D eigenvalue weighted by molar-refractivity contribution is 5.77. The van der Waals surface area contributed by atoms with Crippen molar-refractivity contribution in [2.75, 3.05) is 0 Å². The Morgan fingerprint density at radius 3 is 2.50 bits per heavy atom. The molecule has 1 heterocycles. The monoisotopic (exact) mass is 282 g/mol. The van der Waals surface area contributed by atoms with E-state index in [4.69, 9.17) is 0 Å². The third-order valence-electron chi connectivity index (χ3n) is 3.27. The molecule has 106 valence electrons. The lowest BCUT2D eigenvalue weighted by atomic mass is 9.99. The highest BCUT2D eigenvalue weighted by Gasteiger charge is 2.38. The summed E-state index contributed by atoms with van der Waals surface area (Å²) in [5, 5.41) is 19.8. The quantitative estimate of drug-likeness (QED) is 0.925. The lowest BCUT2D eigenvalue weighted by Gasteiger charge is -2.24. The van der Waals surface area contributed by atoms with Crippen LogP contribution in [0.2, 0.25) is 0 Å². The van der Waals surface area contributed by atoms with E-state index in [0.29, 0.717) is 0 Å². The topological polar surface area (TPSA) is 80.9 Å². The van der Waals surface area contributed by atoms with Crippen LogP contribution in [0.5, 0.6) is 0 Å². The Morgan fingerprint density at radius 1 is 1.40 bits per heavy atom. The van der Waals surface area contributed by atoms with Gasteiger partial charge in [-0.05, 0) is 35.9 Å². The van der Waals surface area contributed by atoms with E-state index in [-0.39, 0.29) is 12.2 Å². The Labute approximate surface area is 113 Å². The number of rotatable bonds is 4. The number of hydrogen-bond donors (Lipinski definition) is 1. The number of nitrogens with zero attached hydrogens (tertiary/aromatic N) is 4. The van der Waals surface area contributed by atoms with Crippen LogP contribution in [0.4, 0.5) is 8.78 Å². The van der Waals surface area contributed by atoms with Gasteiger partial charge in [0.1, 0.15) is 11.6 Å². The van der Waals surface area contributed by atoms with Gasteiger partial charge in [0, 0.05) is 0 Å². The highest BCUT2D eigenvalue weighted by Crippen LogP contribution is 2.29. The fourth-order valence-corrected chi connectivity index (χ4v) is 1.78. The van der Waals surface area contributed by atoms with Crippen molar-refractivity contribution in [1.82, 2.24) is 20.2 Å². The van der Waals surface area contributed by atoms with Gasteiger partial charge in [0.2, 0.25) is 0 Å². The minimum absolute atomic E-state index is 0.149. The van der Waals surface area contributed by atoms with Crippen molar-refractivity contribution in [3.8, 4) is 11.4 Å². The molecule has 0 aliphatic rings. The number of halogens is 2. The maximum Gasteiger partial charge on any atom is 0.331 e. The first kappa shape index (κ1) is 14.0. The Morgan fingerprint density at radius 2 is 2.00 bits per heavy atom. The van der Waals surface area contributed by atoms with Crippen LogP contribution in [0.1, 0.15) is 20.3 Å².